The minimum Gasteiger partial charge on any atom is -0.309 e. The highest BCUT2D eigenvalue weighted by atomic mass is 15.0. The predicted octanol–water partition coefficient (Wildman–Crippen LogP) is 12.9. The average molecular weight is 635 g/mol. The molecule has 0 N–H and O–H groups in total. The Morgan fingerprint density at radius 2 is 0.840 bits per heavy atom. The first kappa shape index (κ1) is 27.3. The first-order valence-electron chi connectivity index (χ1n) is 17.3. The Hall–Kier alpha value is -6.64. The van der Waals surface area contributed by atoms with Gasteiger partial charge in [0.05, 0.1) is 27.6 Å². The number of para-hydroxylation sites is 4. The Labute approximate surface area is 289 Å². The van der Waals surface area contributed by atoms with Gasteiger partial charge >= 0.3 is 0 Å². The molecule has 0 spiro atoms. The van der Waals surface area contributed by atoms with Gasteiger partial charge in [0.25, 0.3) is 0 Å². The SMILES string of the molecule is c1ccc(-c2ccc(-c3cc(-c4ccc5c6cccc7c8ccccc8n(c5c4)c76)cc4c5ccccc5n(-c5ccccc5)c34)cc2)cc1. The van der Waals surface area contributed by atoms with Gasteiger partial charge in [-0.05, 0) is 70.3 Å². The summed E-state index contributed by atoms with van der Waals surface area (Å²) in [5.41, 5.74) is 14.7. The number of hydrogen-bond acceptors (Lipinski definition) is 0. The molecule has 0 bridgehead atoms. The van der Waals surface area contributed by atoms with Crippen molar-refractivity contribution < 1.29 is 0 Å². The fourth-order valence-corrected chi connectivity index (χ4v) is 8.41. The maximum Gasteiger partial charge on any atom is 0.0620 e. The third-order valence-corrected chi connectivity index (χ3v) is 10.6. The van der Waals surface area contributed by atoms with Crippen LogP contribution in [0.2, 0.25) is 0 Å². The van der Waals surface area contributed by atoms with Crippen LogP contribution in [0.1, 0.15) is 0 Å². The molecular formula is C48H30N2. The van der Waals surface area contributed by atoms with Crippen molar-refractivity contribution >= 4 is 59.9 Å². The van der Waals surface area contributed by atoms with Crippen LogP contribution >= 0.6 is 0 Å². The van der Waals surface area contributed by atoms with E-state index in [0.29, 0.717) is 0 Å². The molecule has 232 valence electrons. The lowest BCUT2D eigenvalue weighted by Crippen LogP contribution is -1.95. The lowest BCUT2D eigenvalue weighted by atomic mass is 9.94. The van der Waals surface area contributed by atoms with E-state index in [1.165, 1.54) is 93.3 Å². The smallest absolute Gasteiger partial charge is 0.0620 e. The zero-order valence-corrected chi connectivity index (χ0v) is 27.2. The largest absolute Gasteiger partial charge is 0.309 e. The van der Waals surface area contributed by atoms with Gasteiger partial charge in [-0.1, -0.05) is 140 Å². The van der Waals surface area contributed by atoms with Crippen molar-refractivity contribution in [3.63, 3.8) is 0 Å². The Morgan fingerprint density at radius 3 is 1.60 bits per heavy atom. The molecule has 0 radical (unpaired) electrons. The van der Waals surface area contributed by atoms with E-state index >= 15 is 0 Å². The average Bonchev–Trinajstić information content (AvgIpc) is 3.83. The van der Waals surface area contributed by atoms with E-state index in [1.807, 2.05) is 0 Å². The molecule has 0 aliphatic rings. The quantitative estimate of drug-likeness (QED) is 0.182. The van der Waals surface area contributed by atoms with E-state index in [1.54, 1.807) is 0 Å². The van der Waals surface area contributed by atoms with Crippen molar-refractivity contribution in [3.05, 3.63) is 182 Å². The topological polar surface area (TPSA) is 9.34 Å². The molecule has 2 nitrogen and oxygen atoms in total. The van der Waals surface area contributed by atoms with E-state index in [4.69, 9.17) is 0 Å². The van der Waals surface area contributed by atoms with Crippen molar-refractivity contribution in [2.75, 3.05) is 0 Å². The van der Waals surface area contributed by atoms with Crippen LogP contribution < -0.4 is 0 Å². The maximum atomic E-state index is 2.47. The molecule has 0 saturated carbocycles. The van der Waals surface area contributed by atoms with E-state index in [2.05, 4.69) is 191 Å². The van der Waals surface area contributed by atoms with Gasteiger partial charge in [0.15, 0.2) is 0 Å². The van der Waals surface area contributed by atoms with Gasteiger partial charge in [-0.25, -0.2) is 0 Å². The third-order valence-electron chi connectivity index (χ3n) is 10.6. The fourth-order valence-electron chi connectivity index (χ4n) is 8.41. The van der Waals surface area contributed by atoms with E-state index in [0.717, 1.165) is 5.69 Å². The van der Waals surface area contributed by atoms with Gasteiger partial charge in [-0.3, -0.25) is 0 Å². The van der Waals surface area contributed by atoms with Gasteiger partial charge < -0.3 is 8.97 Å². The monoisotopic (exact) mass is 634 g/mol. The van der Waals surface area contributed by atoms with Crippen molar-refractivity contribution in [3.8, 4) is 39.1 Å². The lowest BCUT2D eigenvalue weighted by molar-refractivity contribution is 1.18. The number of benzene rings is 8. The molecule has 0 unspecified atom stereocenters. The van der Waals surface area contributed by atoms with Crippen LogP contribution in [0.15, 0.2) is 182 Å². The lowest BCUT2D eigenvalue weighted by Gasteiger charge is -2.14. The minimum atomic E-state index is 1.16. The number of nitrogens with zero attached hydrogens (tertiary/aromatic N) is 2. The standard InChI is InChI=1S/C48H30N2/c1-3-12-31(13-4-1)32-22-24-33(25-23-32)42-28-35(29-43-38-17-8-9-20-44(38)49(48(42)43)36-14-5-2-6-15-36)34-26-27-39-41-19-11-18-40-37-16-7-10-21-45(37)50(47(40)41)46(39)30-34/h1-30H. The van der Waals surface area contributed by atoms with Crippen molar-refractivity contribution in [2.45, 2.75) is 0 Å². The summed E-state index contributed by atoms with van der Waals surface area (Å²) in [7, 11) is 0. The van der Waals surface area contributed by atoms with Crippen LogP contribution in [0, 0.1) is 0 Å². The molecule has 3 heterocycles. The molecule has 0 fully saturated rings. The summed E-state index contributed by atoms with van der Waals surface area (Å²) in [6, 6.07) is 66.7. The summed E-state index contributed by atoms with van der Waals surface area (Å²) < 4.78 is 4.92. The van der Waals surface area contributed by atoms with Gasteiger partial charge in [-0.15, -0.1) is 0 Å². The first-order valence-corrected chi connectivity index (χ1v) is 17.3. The van der Waals surface area contributed by atoms with Crippen LogP contribution in [0.4, 0.5) is 0 Å². The van der Waals surface area contributed by atoms with E-state index in [9.17, 15) is 0 Å². The molecule has 8 aromatic carbocycles. The van der Waals surface area contributed by atoms with Crippen LogP contribution in [0.25, 0.3) is 99.0 Å². The zero-order valence-electron chi connectivity index (χ0n) is 27.2. The van der Waals surface area contributed by atoms with Crippen molar-refractivity contribution in [2.24, 2.45) is 0 Å². The minimum absolute atomic E-state index is 1.16. The van der Waals surface area contributed by atoms with E-state index < -0.39 is 0 Å². The normalized spacial score (nSPS) is 12.0. The van der Waals surface area contributed by atoms with Crippen LogP contribution in [0.5, 0.6) is 0 Å². The highest BCUT2D eigenvalue weighted by molar-refractivity contribution is 6.23. The second-order valence-corrected chi connectivity index (χ2v) is 13.3. The molecule has 50 heavy (non-hydrogen) atoms. The first-order chi connectivity index (χ1) is 24.8. The Bertz CT molecular complexity index is 3050. The Balaban J connectivity index is 1.21. The molecular weight excluding hydrogens is 605 g/mol. The zero-order chi connectivity index (χ0) is 32.8. The Kier molecular flexibility index (Phi) is 5.70. The predicted molar refractivity (Wildman–Crippen MR) is 212 cm³/mol. The third kappa shape index (κ3) is 3.85. The number of fused-ring (bicyclic) bond motifs is 9. The molecule has 0 aliphatic heterocycles. The Morgan fingerprint density at radius 1 is 0.280 bits per heavy atom. The number of aromatic nitrogens is 2. The highest BCUT2D eigenvalue weighted by Gasteiger charge is 2.21. The molecule has 0 saturated heterocycles. The summed E-state index contributed by atoms with van der Waals surface area (Å²) in [5, 5.41) is 7.71. The van der Waals surface area contributed by atoms with Crippen molar-refractivity contribution in [1.82, 2.24) is 8.97 Å². The second-order valence-electron chi connectivity index (χ2n) is 13.3. The van der Waals surface area contributed by atoms with Crippen molar-refractivity contribution in [1.29, 1.82) is 0 Å². The van der Waals surface area contributed by atoms with Crippen LogP contribution in [-0.2, 0) is 0 Å². The molecule has 11 aromatic rings. The summed E-state index contributed by atoms with van der Waals surface area (Å²) in [6.45, 7) is 0. The maximum absolute atomic E-state index is 2.47. The molecule has 11 rings (SSSR count). The van der Waals surface area contributed by atoms with Gasteiger partial charge in [0.1, 0.15) is 0 Å². The van der Waals surface area contributed by atoms with Crippen LogP contribution in [-0.4, -0.2) is 8.97 Å². The van der Waals surface area contributed by atoms with Gasteiger partial charge in [0, 0.05) is 43.6 Å². The summed E-state index contributed by atoms with van der Waals surface area (Å²) >= 11 is 0. The highest BCUT2D eigenvalue weighted by Crippen LogP contribution is 2.44. The fraction of sp³-hybridized carbons (Fsp3) is 0. The summed E-state index contributed by atoms with van der Waals surface area (Å²) in [5.74, 6) is 0. The summed E-state index contributed by atoms with van der Waals surface area (Å²) in [4.78, 5) is 0. The number of hydrogen-bond donors (Lipinski definition) is 0. The summed E-state index contributed by atoms with van der Waals surface area (Å²) in [6.07, 6.45) is 0. The molecule has 0 amide bonds. The second kappa shape index (κ2) is 10.4. The molecule has 3 aromatic heterocycles. The van der Waals surface area contributed by atoms with Gasteiger partial charge in [-0.2, -0.15) is 0 Å². The molecule has 2 heteroatoms. The molecule has 0 atom stereocenters. The van der Waals surface area contributed by atoms with Gasteiger partial charge in [0.2, 0.25) is 0 Å². The number of rotatable bonds is 4. The van der Waals surface area contributed by atoms with E-state index in [-0.39, 0.29) is 0 Å². The molecule has 0 aliphatic carbocycles. The van der Waals surface area contributed by atoms with Crippen LogP contribution in [0.3, 0.4) is 0 Å².